The van der Waals surface area contributed by atoms with Gasteiger partial charge in [0.05, 0.1) is 12.2 Å². The Morgan fingerprint density at radius 3 is 2.71 bits per heavy atom. The highest BCUT2D eigenvalue weighted by atomic mass is 16.5. The number of rotatable bonds is 4. The first-order valence-corrected chi connectivity index (χ1v) is 9.84. The first-order chi connectivity index (χ1) is 13.6. The maximum absolute atomic E-state index is 13.0. The fourth-order valence-electron chi connectivity index (χ4n) is 3.92. The number of ether oxygens (including phenoxy) is 3. The lowest BCUT2D eigenvalue weighted by molar-refractivity contribution is 0.0872. The molecular formula is C23H23NO4. The molecule has 0 unspecified atom stereocenters. The predicted molar refractivity (Wildman–Crippen MR) is 106 cm³/mol. The zero-order valence-corrected chi connectivity index (χ0v) is 16.2. The SMILES string of the molecule is CCOc1ccc(/C=C2\Oc3c(cc4c(c3C)OCN(C3CC3)C4)C2=O)cc1. The van der Waals surface area contributed by atoms with Gasteiger partial charge in [0, 0.05) is 23.7 Å². The molecule has 2 aliphatic heterocycles. The van der Waals surface area contributed by atoms with E-state index in [9.17, 15) is 4.79 Å². The molecule has 1 fully saturated rings. The van der Waals surface area contributed by atoms with Crippen LogP contribution in [0.3, 0.4) is 0 Å². The maximum atomic E-state index is 13.0. The molecule has 144 valence electrons. The van der Waals surface area contributed by atoms with Crippen LogP contribution in [-0.4, -0.2) is 30.1 Å². The van der Waals surface area contributed by atoms with Gasteiger partial charge in [-0.25, -0.2) is 0 Å². The van der Waals surface area contributed by atoms with Crippen molar-refractivity contribution in [2.45, 2.75) is 39.3 Å². The number of allylic oxidation sites excluding steroid dienone is 1. The molecule has 0 N–H and O–H groups in total. The fraction of sp³-hybridized carbons (Fsp3) is 0.348. The highest BCUT2D eigenvalue weighted by Crippen LogP contribution is 2.44. The van der Waals surface area contributed by atoms with Gasteiger partial charge >= 0.3 is 0 Å². The number of benzene rings is 2. The van der Waals surface area contributed by atoms with E-state index in [0.29, 0.717) is 36.5 Å². The summed E-state index contributed by atoms with van der Waals surface area (Å²) in [7, 11) is 0. The van der Waals surface area contributed by atoms with E-state index in [0.717, 1.165) is 34.7 Å². The Morgan fingerprint density at radius 2 is 2.00 bits per heavy atom. The van der Waals surface area contributed by atoms with Crippen molar-refractivity contribution in [1.29, 1.82) is 0 Å². The lowest BCUT2D eigenvalue weighted by Gasteiger charge is -2.30. The van der Waals surface area contributed by atoms with E-state index in [1.54, 1.807) is 6.08 Å². The molecule has 5 rings (SSSR count). The number of hydrogen-bond donors (Lipinski definition) is 0. The second kappa shape index (κ2) is 6.67. The largest absolute Gasteiger partial charge is 0.494 e. The van der Waals surface area contributed by atoms with E-state index in [-0.39, 0.29) is 5.78 Å². The molecule has 2 aromatic carbocycles. The summed E-state index contributed by atoms with van der Waals surface area (Å²) in [6, 6.07) is 10.2. The Balaban J connectivity index is 1.44. The minimum atomic E-state index is -0.0710. The third-order valence-corrected chi connectivity index (χ3v) is 5.52. The lowest BCUT2D eigenvalue weighted by Crippen LogP contribution is -2.34. The zero-order valence-electron chi connectivity index (χ0n) is 16.2. The van der Waals surface area contributed by atoms with Gasteiger partial charge in [0.25, 0.3) is 0 Å². The monoisotopic (exact) mass is 377 g/mol. The van der Waals surface area contributed by atoms with Gasteiger partial charge in [-0.15, -0.1) is 0 Å². The minimum Gasteiger partial charge on any atom is -0.494 e. The number of carbonyl (C=O) groups is 1. The molecule has 5 heteroatoms. The van der Waals surface area contributed by atoms with Crippen LogP contribution in [0.25, 0.3) is 6.08 Å². The molecule has 0 amide bonds. The Hall–Kier alpha value is -2.79. The van der Waals surface area contributed by atoms with Crippen LogP contribution in [-0.2, 0) is 6.54 Å². The number of Topliss-reactive ketones (excluding diaryl/α,β-unsaturated/α-hetero) is 1. The van der Waals surface area contributed by atoms with Crippen molar-refractivity contribution < 1.29 is 19.0 Å². The highest BCUT2D eigenvalue weighted by Gasteiger charge is 2.36. The van der Waals surface area contributed by atoms with E-state index >= 15 is 0 Å². The van der Waals surface area contributed by atoms with Crippen LogP contribution in [0.2, 0.25) is 0 Å². The van der Waals surface area contributed by atoms with E-state index in [1.165, 1.54) is 12.8 Å². The topological polar surface area (TPSA) is 48.0 Å². The molecular weight excluding hydrogens is 354 g/mol. The first kappa shape index (κ1) is 17.3. The average molecular weight is 377 g/mol. The summed E-state index contributed by atoms with van der Waals surface area (Å²) >= 11 is 0. The second-order valence-electron chi connectivity index (χ2n) is 7.56. The maximum Gasteiger partial charge on any atom is 0.231 e. The van der Waals surface area contributed by atoms with Crippen LogP contribution in [0.15, 0.2) is 36.1 Å². The summed E-state index contributed by atoms with van der Waals surface area (Å²) in [5.74, 6) is 2.58. The quantitative estimate of drug-likeness (QED) is 0.743. The number of carbonyl (C=O) groups excluding carboxylic acids is 1. The first-order valence-electron chi connectivity index (χ1n) is 9.84. The summed E-state index contributed by atoms with van der Waals surface area (Å²) in [5, 5.41) is 0. The Bertz CT molecular complexity index is 973. The second-order valence-corrected chi connectivity index (χ2v) is 7.56. The molecule has 0 spiro atoms. The van der Waals surface area contributed by atoms with Gasteiger partial charge in [-0.1, -0.05) is 12.1 Å². The normalized spacial score (nSPS) is 19.8. The van der Waals surface area contributed by atoms with Gasteiger partial charge in [0.2, 0.25) is 5.78 Å². The number of ketones is 1. The van der Waals surface area contributed by atoms with Crippen molar-refractivity contribution in [3.8, 4) is 17.2 Å². The summed E-state index contributed by atoms with van der Waals surface area (Å²) in [5.41, 5.74) is 3.52. The van der Waals surface area contributed by atoms with Gasteiger partial charge < -0.3 is 14.2 Å². The highest BCUT2D eigenvalue weighted by molar-refractivity contribution is 6.15. The Kier molecular flexibility index (Phi) is 4.13. The van der Waals surface area contributed by atoms with Gasteiger partial charge in [-0.2, -0.15) is 0 Å². The molecule has 28 heavy (non-hydrogen) atoms. The van der Waals surface area contributed by atoms with Crippen LogP contribution in [0.5, 0.6) is 17.2 Å². The lowest BCUT2D eigenvalue weighted by atomic mass is 10.00. The minimum absolute atomic E-state index is 0.0710. The third kappa shape index (κ3) is 2.96. The molecule has 0 radical (unpaired) electrons. The summed E-state index contributed by atoms with van der Waals surface area (Å²) in [4.78, 5) is 15.3. The molecule has 0 atom stereocenters. The predicted octanol–water partition coefficient (Wildman–Crippen LogP) is 4.32. The summed E-state index contributed by atoms with van der Waals surface area (Å²) in [6.45, 7) is 5.99. The average Bonchev–Trinajstić information content (AvgIpc) is 3.51. The molecule has 0 saturated heterocycles. The van der Waals surface area contributed by atoms with E-state index in [4.69, 9.17) is 14.2 Å². The summed E-state index contributed by atoms with van der Waals surface area (Å²) < 4.78 is 17.5. The van der Waals surface area contributed by atoms with E-state index in [2.05, 4.69) is 4.90 Å². The molecule has 2 aromatic rings. The molecule has 3 aliphatic rings. The van der Waals surface area contributed by atoms with Gasteiger partial charge in [0.15, 0.2) is 5.76 Å². The van der Waals surface area contributed by atoms with Crippen molar-refractivity contribution in [2.75, 3.05) is 13.3 Å². The van der Waals surface area contributed by atoms with Gasteiger partial charge in [-0.3, -0.25) is 9.69 Å². The molecule has 0 aromatic heterocycles. The molecule has 1 saturated carbocycles. The Labute approximate surface area is 164 Å². The van der Waals surface area contributed by atoms with Crippen molar-refractivity contribution in [3.05, 3.63) is 58.3 Å². The third-order valence-electron chi connectivity index (χ3n) is 5.52. The van der Waals surface area contributed by atoms with E-state index < -0.39 is 0 Å². The number of nitrogens with zero attached hydrogens (tertiary/aromatic N) is 1. The molecule has 0 bridgehead atoms. The Morgan fingerprint density at radius 1 is 1.21 bits per heavy atom. The van der Waals surface area contributed by atoms with Crippen molar-refractivity contribution in [3.63, 3.8) is 0 Å². The van der Waals surface area contributed by atoms with Crippen LogP contribution in [0.1, 0.15) is 46.8 Å². The smallest absolute Gasteiger partial charge is 0.231 e. The fourth-order valence-corrected chi connectivity index (χ4v) is 3.92. The van der Waals surface area contributed by atoms with Gasteiger partial charge in [0.1, 0.15) is 24.0 Å². The van der Waals surface area contributed by atoms with Crippen LogP contribution in [0.4, 0.5) is 0 Å². The number of hydrogen-bond acceptors (Lipinski definition) is 5. The number of fused-ring (bicyclic) bond motifs is 2. The van der Waals surface area contributed by atoms with Crippen molar-refractivity contribution in [2.24, 2.45) is 0 Å². The van der Waals surface area contributed by atoms with E-state index in [1.807, 2.05) is 44.2 Å². The van der Waals surface area contributed by atoms with Crippen LogP contribution in [0, 0.1) is 6.92 Å². The van der Waals surface area contributed by atoms with Crippen molar-refractivity contribution >= 4 is 11.9 Å². The standard InChI is InChI=1S/C23H23NO4/c1-3-26-18-8-4-15(5-9-18)10-20-21(25)19-11-16-12-24(17-6-7-17)13-27-22(16)14(2)23(19)28-20/h4-5,8-11,17H,3,6-7,12-13H2,1-2H3/b20-10-. The molecule has 1 aliphatic carbocycles. The zero-order chi connectivity index (χ0) is 19.3. The molecule has 5 nitrogen and oxygen atoms in total. The summed E-state index contributed by atoms with van der Waals surface area (Å²) in [6.07, 6.45) is 4.26. The van der Waals surface area contributed by atoms with Crippen LogP contribution < -0.4 is 14.2 Å². The van der Waals surface area contributed by atoms with Crippen LogP contribution >= 0.6 is 0 Å². The molecule has 2 heterocycles. The van der Waals surface area contributed by atoms with Crippen molar-refractivity contribution in [1.82, 2.24) is 4.90 Å². The van der Waals surface area contributed by atoms with Gasteiger partial charge in [-0.05, 0) is 56.5 Å².